The Labute approximate surface area is 127 Å². The van der Waals surface area contributed by atoms with E-state index in [1.165, 1.54) is 31.7 Å². The standard InChI is InChI=1S/C14H18ClN3O3/c15-11-7-10(8-12(13(11)16)18(20)21)14(19)17-6-5-9-3-1-2-4-9/h7-9H,1-6,16H2,(H,17,19). The minimum Gasteiger partial charge on any atom is -0.392 e. The number of carbonyl (C=O) groups is 1. The van der Waals surface area contributed by atoms with Crippen LogP contribution in [0, 0.1) is 16.0 Å². The molecule has 1 amide bonds. The van der Waals surface area contributed by atoms with E-state index in [9.17, 15) is 14.9 Å². The first-order valence-corrected chi connectivity index (χ1v) is 7.38. The molecule has 6 nitrogen and oxygen atoms in total. The van der Waals surface area contributed by atoms with Gasteiger partial charge in [0.25, 0.3) is 11.6 Å². The molecule has 0 radical (unpaired) electrons. The van der Waals surface area contributed by atoms with Crippen LogP contribution < -0.4 is 11.1 Å². The largest absolute Gasteiger partial charge is 0.392 e. The minimum absolute atomic E-state index is 0.0187. The van der Waals surface area contributed by atoms with Gasteiger partial charge in [-0.25, -0.2) is 0 Å². The number of nitro groups is 1. The molecular weight excluding hydrogens is 294 g/mol. The number of nitrogens with one attached hydrogen (secondary N) is 1. The molecule has 1 aliphatic rings. The number of carbonyl (C=O) groups excluding carboxylic acids is 1. The summed E-state index contributed by atoms with van der Waals surface area (Å²) >= 11 is 5.84. The van der Waals surface area contributed by atoms with Gasteiger partial charge < -0.3 is 11.1 Å². The van der Waals surface area contributed by atoms with Crippen LogP contribution in [0.25, 0.3) is 0 Å². The smallest absolute Gasteiger partial charge is 0.294 e. The van der Waals surface area contributed by atoms with E-state index in [1.807, 2.05) is 0 Å². The lowest BCUT2D eigenvalue weighted by molar-refractivity contribution is -0.383. The molecule has 1 fully saturated rings. The van der Waals surface area contributed by atoms with Crippen molar-refractivity contribution >= 4 is 28.9 Å². The normalized spacial score (nSPS) is 15.1. The Kier molecular flexibility index (Phi) is 5.01. The third-order valence-electron chi connectivity index (χ3n) is 3.88. The quantitative estimate of drug-likeness (QED) is 0.496. The van der Waals surface area contributed by atoms with Gasteiger partial charge in [-0.1, -0.05) is 37.3 Å². The SMILES string of the molecule is Nc1c(Cl)cc(C(=O)NCCC2CCCC2)cc1[N+](=O)[O-]. The van der Waals surface area contributed by atoms with Crippen LogP contribution in [0.15, 0.2) is 12.1 Å². The van der Waals surface area contributed by atoms with E-state index in [4.69, 9.17) is 17.3 Å². The molecule has 2 rings (SSSR count). The molecule has 0 bridgehead atoms. The van der Waals surface area contributed by atoms with Gasteiger partial charge in [-0.2, -0.15) is 0 Å². The molecule has 3 N–H and O–H groups in total. The monoisotopic (exact) mass is 311 g/mol. The maximum absolute atomic E-state index is 12.0. The van der Waals surface area contributed by atoms with E-state index < -0.39 is 4.92 Å². The molecule has 0 aromatic heterocycles. The van der Waals surface area contributed by atoms with Gasteiger partial charge in [0.2, 0.25) is 0 Å². The zero-order valence-electron chi connectivity index (χ0n) is 11.6. The van der Waals surface area contributed by atoms with Crippen molar-refractivity contribution in [3.05, 3.63) is 32.8 Å². The molecule has 0 atom stereocenters. The highest BCUT2D eigenvalue weighted by Crippen LogP contribution is 2.31. The second kappa shape index (κ2) is 6.76. The maximum atomic E-state index is 12.0. The molecule has 0 unspecified atom stereocenters. The first-order chi connectivity index (χ1) is 9.99. The third-order valence-corrected chi connectivity index (χ3v) is 4.19. The van der Waals surface area contributed by atoms with Crippen molar-refractivity contribution in [3.63, 3.8) is 0 Å². The van der Waals surface area contributed by atoms with Crippen LogP contribution in [0.1, 0.15) is 42.5 Å². The van der Waals surface area contributed by atoms with Crippen molar-refractivity contribution in [2.24, 2.45) is 5.92 Å². The summed E-state index contributed by atoms with van der Waals surface area (Å²) in [6.07, 6.45) is 5.90. The molecule has 1 saturated carbocycles. The number of hydrogen-bond donors (Lipinski definition) is 2. The predicted molar refractivity (Wildman–Crippen MR) is 81.4 cm³/mol. The minimum atomic E-state index is -0.642. The summed E-state index contributed by atoms with van der Waals surface area (Å²) < 4.78 is 0. The van der Waals surface area contributed by atoms with Crippen LogP contribution in [0.5, 0.6) is 0 Å². The summed E-state index contributed by atoms with van der Waals surface area (Å²) in [7, 11) is 0. The van der Waals surface area contributed by atoms with Crippen molar-refractivity contribution in [3.8, 4) is 0 Å². The van der Waals surface area contributed by atoms with Crippen molar-refractivity contribution in [2.75, 3.05) is 12.3 Å². The molecule has 1 aliphatic carbocycles. The van der Waals surface area contributed by atoms with E-state index in [-0.39, 0.29) is 27.9 Å². The van der Waals surface area contributed by atoms with E-state index in [2.05, 4.69) is 5.32 Å². The fourth-order valence-corrected chi connectivity index (χ4v) is 2.89. The molecule has 7 heteroatoms. The van der Waals surface area contributed by atoms with Crippen LogP contribution >= 0.6 is 11.6 Å². The van der Waals surface area contributed by atoms with E-state index in [0.717, 1.165) is 12.5 Å². The van der Waals surface area contributed by atoms with Gasteiger partial charge in [0.1, 0.15) is 5.69 Å². The topological polar surface area (TPSA) is 98.3 Å². The molecule has 114 valence electrons. The molecule has 0 heterocycles. The Balaban J connectivity index is 1.99. The lowest BCUT2D eigenvalue weighted by atomic mass is 10.0. The van der Waals surface area contributed by atoms with Crippen molar-refractivity contribution in [1.82, 2.24) is 5.32 Å². The lowest BCUT2D eigenvalue weighted by Gasteiger charge is -2.10. The molecule has 1 aromatic rings. The highest BCUT2D eigenvalue weighted by Gasteiger charge is 2.20. The number of rotatable bonds is 5. The summed E-state index contributed by atoms with van der Waals surface area (Å²) in [5.41, 5.74) is 5.22. The third kappa shape index (κ3) is 3.85. The molecule has 0 aliphatic heterocycles. The zero-order valence-corrected chi connectivity index (χ0v) is 12.4. The molecule has 0 saturated heterocycles. The van der Waals surface area contributed by atoms with Gasteiger partial charge in [0.15, 0.2) is 0 Å². The second-order valence-corrected chi connectivity index (χ2v) is 5.75. The highest BCUT2D eigenvalue weighted by molar-refractivity contribution is 6.34. The number of nitro benzene ring substituents is 1. The molecule has 1 aromatic carbocycles. The maximum Gasteiger partial charge on any atom is 0.294 e. The Morgan fingerprint density at radius 1 is 1.43 bits per heavy atom. The summed E-state index contributed by atoms with van der Waals surface area (Å²) in [5, 5.41) is 13.7. The second-order valence-electron chi connectivity index (χ2n) is 5.34. The molecule has 21 heavy (non-hydrogen) atoms. The number of benzene rings is 1. The highest BCUT2D eigenvalue weighted by atomic mass is 35.5. The number of nitrogens with two attached hydrogens (primary N) is 1. The van der Waals surface area contributed by atoms with Crippen LogP contribution in [-0.2, 0) is 0 Å². The van der Waals surface area contributed by atoms with Crippen LogP contribution in [0.3, 0.4) is 0 Å². The first-order valence-electron chi connectivity index (χ1n) is 7.00. The zero-order chi connectivity index (χ0) is 15.4. The van der Waals surface area contributed by atoms with Crippen LogP contribution in [0.4, 0.5) is 11.4 Å². The lowest BCUT2D eigenvalue weighted by Crippen LogP contribution is -2.25. The molecule has 0 spiro atoms. The van der Waals surface area contributed by atoms with Gasteiger partial charge in [0, 0.05) is 18.2 Å². The van der Waals surface area contributed by atoms with Crippen molar-refractivity contribution in [2.45, 2.75) is 32.1 Å². The van der Waals surface area contributed by atoms with Gasteiger partial charge in [0.05, 0.1) is 9.95 Å². The average molecular weight is 312 g/mol. The first kappa shape index (κ1) is 15.6. The number of nitrogen functional groups attached to an aromatic ring is 1. The Morgan fingerprint density at radius 2 is 2.10 bits per heavy atom. The van der Waals surface area contributed by atoms with Crippen molar-refractivity contribution < 1.29 is 9.72 Å². The van der Waals surface area contributed by atoms with Crippen LogP contribution in [0.2, 0.25) is 5.02 Å². The van der Waals surface area contributed by atoms with Crippen LogP contribution in [-0.4, -0.2) is 17.4 Å². The number of amides is 1. The Morgan fingerprint density at radius 3 is 2.71 bits per heavy atom. The summed E-state index contributed by atoms with van der Waals surface area (Å²) in [6.45, 7) is 0.569. The number of nitrogens with zero attached hydrogens (tertiary/aromatic N) is 1. The van der Waals surface area contributed by atoms with E-state index >= 15 is 0 Å². The fourth-order valence-electron chi connectivity index (χ4n) is 2.68. The Bertz CT molecular complexity index is 557. The Hall–Kier alpha value is -1.82. The van der Waals surface area contributed by atoms with Gasteiger partial charge >= 0.3 is 0 Å². The predicted octanol–water partition coefficient (Wildman–Crippen LogP) is 3.14. The van der Waals surface area contributed by atoms with Gasteiger partial charge in [-0.05, 0) is 18.4 Å². The summed E-state index contributed by atoms with van der Waals surface area (Å²) in [6, 6.07) is 2.51. The van der Waals surface area contributed by atoms with E-state index in [1.54, 1.807) is 0 Å². The van der Waals surface area contributed by atoms with E-state index in [0.29, 0.717) is 12.5 Å². The number of halogens is 1. The number of anilines is 1. The summed E-state index contributed by atoms with van der Waals surface area (Å²) in [5.74, 6) is 0.313. The number of hydrogen-bond acceptors (Lipinski definition) is 4. The average Bonchev–Trinajstić information content (AvgIpc) is 2.94. The van der Waals surface area contributed by atoms with Crippen molar-refractivity contribution in [1.29, 1.82) is 0 Å². The van der Waals surface area contributed by atoms with Gasteiger partial charge in [-0.3, -0.25) is 14.9 Å². The molecular formula is C14H18ClN3O3. The summed E-state index contributed by atoms with van der Waals surface area (Å²) in [4.78, 5) is 22.3. The fraction of sp³-hybridized carbons (Fsp3) is 0.500. The van der Waals surface area contributed by atoms with Gasteiger partial charge in [-0.15, -0.1) is 0 Å².